The van der Waals surface area contributed by atoms with Crippen LogP contribution in [0.25, 0.3) is 0 Å². The standard InChI is InChI=1S/C22H29ClN4O2/c1-2-3-4-5-22(29)26-14-20(27-13-18(24-25-27)15-6-7-15)21(28)12-19(26)16-8-10-17(23)11-9-16/h8-11,13,15,19-21,28H,2-7,12,14H2,1H3/t19-,20-,21-/m1/s1. The lowest BCUT2D eigenvalue weighted by Gasteiger charge is -2.42. The Morgan fingerprint density at radius 3 is 2.69 bits per heavy atom. The minimum absolute atomic E-state index is 0.137. The van der Waals surface area contributed by atoms with E-state index in [1.54, 1.807) is 4.68 Å². The zero-order valence-electron chi connectivity index (χ0n) is 16.9. The van der Waals surface area contributed by atoms with Crippen molar-refractivity contribution in [2.45, 2.75) is 76.0 Å². The molecule has 1 N–H and O–H groups in total. The summed E-state index contributed by atoms with van der Waals surface area (Å²) in [5.41, 5.74) is 2.01. The second kappa shape index (κ2) is 8.84. The summed E-state index contributed by atoms with van der Waals surface area (Å²) in [7, 11) is 0. The highest BCUT2D eigenvalue weighted by molar-refractivity contribution is 6.30. The Balaban J connectivity index is 1.56. The van der Waals surface area contributed by atoms with Crippen LogP contribution in [-0.4, -0.2) is 43.6 Å². The SMILES string of the molecule is CCCCCC(=O)N1C[C@@H](n2cc(C3CC3)nn2)[C@H](O)C[C@@H]1c1ccc(Cl)cc1. The molecule has 3 atom stereocenters. The van der Waals surface area contributed by atoms with Gasteiger partial charge in [0, 0.05) is 36.5 Å². The molecule has 0 unspecified atom stereocenters. The summed E-state index contributed by atoms with van der Waals surface area (Å²) in [6.07, 6.45) is 7.71. The molecule has 2 heterocycles. The van der Waals surface area contributed by atoms with Gasteiger partial charge in [0.15, 0.2) is 0 Å². The van der Waals surface area contributed by atoms with E-state index in [1.165, 1.54) is 0 Å². The predicted molar refractivity (Wildman–Crippen MR) is 112 cm³/mol. The summed E-state index contributed by atoms with van der Waals surface area (Å²) in [6, 6.07) is 7.16. The van der Waals surface area contributed by atoms with Crippen molar-refractivity contribution >= 4 is 17.5 Å². The van der Waals surface area contributed by atoms with E-state index in [1.807, 2.05) is 35.4 Å². The van der Waals surface area contributed by atoms with Crippen LogP contribution in [0.15, 0.2) is 30.5 Å². The van der Waals surface area contributed by atoms with Crippen LogP contribution in [0, 0.1) is 0 Å². The third-order valence-corrected chi connectivity index (χ3v) is 6.35. The molecule has 6 nitrogen and oxygen atoms in total. The number of hydrogen-bond donors (Lipinski definition) is 1. The first kappa shape index (κ1) is 20.4. The van der Waals surface area contributed by atoms with E-state index >= 15 is 0 Å². The fourth-order valence-corrected chi connectivity index (χ4v) is 4.31. The van der Waals surface area contributed by atoms with Gasteiger partial charge in [0.1, 0.15) is 0 Å². The molecule has 4 rings (SSSR count). The fraction of sp³-hybridized carbons (Fsp3) is 0.591. The maximum Gasteiger partial charge on any atom is 0.223 e. The van der Waals surface area contributed by atoms with Crippen LogP contribution in [-0.2, 0) is 4.79 Å². The van der Waals surface area contributed by atoms with Gasteiger partial charge in [-0.15, -0.1) is 5.10 Å². The second-order valence-electron chi connectivity index (χ2n) is 8.34. The number of benzene rings is 1. The van der Waals surface area contributed by atoms with Crippen LogP contribution in [0.2, 0.25) is 5.02 Å². The summed E-state index contributed by atoms with van der Waals surface area (Å²) in [4.78, 5) is 15.0. The number of piperidine rings is 1. The summed E-state index contributed by atoms with van der Waals surface area (Å²) in [6.45, 7) is 2.57. The van der Waals surface area contributed by atoms with Gasteiger partial charge < -0.3 is 10.0 Å². The van der Waals surface area contributed by atoms with Gasteiger partial charge in [-0.25, -0.2) is 4.68 Å². The Morgan fingerprint density at radius 1 is 1.24 bits per heavy atom. The topological polar surface area (TPSA) is 71.2 Å². The molecule has 0 spiro atoms. The summed E-state index contributed by atoms with van der Waals surface area (Å²) < 4.78 is 1.77. The predicted octanol–water partition coefficient (Wildman–Crippen LogP) is 4.26. The second-order valence-corrected chi connectivity index (χ2v) is 8.78. The average molecular weight is 417 g/mol. The largest absolute Gasteiger partial charge is 0.391 e. The fourth-order valence-electron chi connectivity index (χ4n) is 4.19. The molecule has 0 bridgehead atoms. The molecule has 29 heavy (non-hydrogen) atoms. The molecule has 1 saturated carbocycles. The lowest BCUT2D eigenvalue weighted by atomic mass is 9.90. The van der Waals surface area contributed by atoms with Crippen LogP contribution in [0.1, 0.15) is 81.1 Å². The Morgan fingerprint density at radius 2 is 2.00 bits per heavy atom. The van der Waals surface area contributed by atoms with Crippen LogP contribution in [0.4, 0.5) is 0 Å². The van der Waals surface area contributed by atoms with Crippen molar-refractivity contribution in [3.8, 4) is 0 Å². The Kier molecular flexibility index (Phi) is 6.20. The van der Waals surface area contributed by atoms with E-state index < -0.39 is 6.10 Å². The summed E-state index contributed by atoms with van der Waals surface area (Å²) in [5, 5.41) is 20.2. The number of carbonyl (C=O) groups is 1. The number of halogens is 1. The Labute approximate surface area is 176 Å². The lowest BCUT2D eigenvalue weighted by molar-refractivity contribution is -0.139. The average Bonchev–Trinajstić information content (AvgIpc) is 3.46. The molecule has 2 aromatic rings. The van der Waals surface area contributed by atoms with Gasteiger partial charge in [0.2, 0.25) is 5.91 Å². The molecular weight excluding hydrogens is 388 g/mol. The maximum atomic E-state index is 13.1. The zero-order valence-corrected chi connectivity index (χ0v) is 17.6. The minimum Gasteiger partial charge on any atom is -0.391 e. The third-order valence-electron chi connectivity index (χ3n) is 6.10. The van der Waals surface area contributed by atoms with E-state index in [0.717, 1.165) is 43.4 Å². The number of hydrogen-bond acceptors (Lipinski definition) is 4. The highest BCUT2D eigenvalue weighted by Gasteiger charge is 2.39. The molecule has 7 heteroatoms. The number of nitrogens with zero attached hydrogens (tertiary/aromatic N) is 4. The molecule has 0 radical (unpaired) electrons. The van der Waals surface area contributed by atoms with Crippen molar-refractivity contribution in [2.75, 3.05) is 6.54 Å². The van der Waals surface area contributed by atoms with Crippen molar-refractivity contribution in [3.63, 3.8) is 0 Å². The van der Waals surface area contributed by atoms with Crippen molar-refractivity contribution in [1.82, 2.24) is 19.9 Å². The monoisotopic (exact) mass is 416 g/mol. The molecule has 1 amide bonds. The number of aliphatic hydroxyl groups is 1. The first-order chi connectivity index (χ1) is 14.1. The number of rotatable bonds is 7. The molecule has 1 aliphatic heterocycles. The van der Waals surface area contributed by atoms with Gasteiger partial charge in [0.25, 0.3) is 0 Å². The molecule has 1 aliphatic carbocycles. The van der Waals surface area contributed by atoms with Gasteiger partial charge in [-0.2, -0.15) is 0 Å². The van der Waals surface area contributed by atoms with Gasteiger partial charge in [0.05, 0.1) is 23.9 Å². The van der Waals surface area contributed by atoms with Crippen LogP contribution >= 0.6 is 11.6 Å². The molecule has 1 aromatic heterocycles. The number of amides is 1. The smallest absolute Gasteiger partial charge is 0.223 e. The van der Waals surface area contributed by atoms with Gasteiger partial charge >= 0.3 is 0 Å². The maximum absolute atomic E-state index is 13.1. The summed E-state index contributed by atoms with van der Waals surface area (Å²) >= 11 is 6.05. The van der Waals surface area contributed by atoms with Crippen LogP contribution < -0.4 is 0 Å². The third kappa shape index (κ3) is 4.64. The van der Waals surface area contributed by atoms with Crippen molar-refractivity contribution in [1.29, 1.82) is 0 Å². The lowest BCUT2D eigenvalue weighted by Crippen LogP contribution is -2.48. The van der Waals surface area contributed by atoms with Crippen molar-refractivity contribution in [2.24, 2.45) is 0 Å². The zero-order chi connectivity index (χ0) is 20.4. The van der Waals surface area contributed by atoms with E-state index in [9.17, 15) is 9.90 Å². The Hall–Kier alpha value is -1.92. The van der Waals surface area contributed by atoms with Crippen LogP contribution in [0.3, 0.4) is 0 Å². The molecular formula is C22H29ClN4O2. The molecule has 1 saturated heterocycles. The first-order valence-electron chi connectivity index (χ1n) is 10.7. The highest BCUT2D eigenvalue weighted by atomic mass is 35.5. The number of carbonyl (C=O) groups excluding carboxylic acids is 1. The molecule has 2 aliphatic rings. The highest BCUT2D eigenvalue weighted by Crippen LogP contribution is 2.40. The Bertz CT molecular complexity index is 834. The minimum atomic E-state index is -0.593. The number of aromatic nitrogens is 3. The normalized spacial score (nSPS) is 24.7. The number of aliphatic hydroxyl groups excluding tert-OH is 1. The number of likely N-dealkylation sites (tertiary alicyclic amines) is 1. The first-order valence-corrected chi connectivity index (χ1v) is 11.1. The van der Waals surface area contributed by atoms with Crippen LogP contribution in [0.5, 0.6) is 0 Å². The number of unbranched alkanes of at least 4 members (excludes halogenated alkanes) is 2. The van der Waals surface area contributed by atoms with E-state index in [2.05, 4.69) is 17.2 Å². The van der Waals surface area contributed by atoms with E-state index in [-0.39, 0.29) is 18.0 Å². The van der Waals surface area contributed by atoms with E-state index in [4.69, 9.17) is 11.6 Å². The van der Waals surface area contributed by atoms with Gasteiger partial charge in [-0.05, 0) is 37.0 Å². The quantitative estimate of drug-likeness (QED) is 0.684. The molecule has 2 fully saturated rings. The van der Waals surface area contributed by atoms with Gasteiger partial charge in [-0.1, -0.05) is 48.7 Å². The van der Waals surface area contributed by atoms with Gasteiger partial charge in [-0.3, -0.25) is 4.79 Å². The molecule has 156 valence electrons. The molecule has 1 aromatic carbocycles. The van der Waals surface area contributed by atoms with Crippen molar-refractivity contribution < 1.29 is 9.90 Å². The summed E-state index contributed by atoms with van der Waals surface area (Å²) in [5.74, 6) is 0.649. The van der Waals surface area contributed by atoms with E-state index in [0.29, 0.717) is 30.3 Å². The van der Waals surface area contributed by atoms with Crippen molar-refractivity contribution in [3.05, 3.63) is 46.7 Å².